The first-order valence-electron chi connectivity index (χ1n) is 9.47. The molecule has 152 valence electrons. The van der Waals surface area contributed by atoms with Crippen LogP contribution >= 0.6 is 0 Å². The highest BCUT2D eigenvalue weighted by Crippen LogP contribution is 2.37. The summed E-state index contributed by atoms with van der Waals surface area (Å²) in [6.45, 7) is 4.09. The number of esters is 1. The summed E-state index contributed by atoms with van der Waals surface area (Å²) in [7, 11) is 0. The van der Waals surface area contributed by atoms with Gasteiger partial charge in [-0.15, -0.1) is 0 Å². The second-order valence-electron chi connectivity index (χ2n) is 6.60. The van der Waals surface area contributed by atoms with Gasteiger partial charge in [0.15, 0.2) is 0 Å². The second-order valence-corrected chi connectivity index (χ2v) is 6.60. The predicted octanol–water partition coefficient (Wildman–Crippen LogP) is 4.52. The minimum Gasteiger partial charge on any atom is -0.462 e. The van der Waals surface area contributed by atoms with E-state index in [2.05, 4.69) is 0 Å². The van der Waals surface area contributed by atoms with Gasteiger partial charge in [0.05, 0.1) is 22.8 Å². The number of aryl methyl sites for hydroxylation is 1. The fraction of sp³-hybridized carbons (Fsp3) is 0.182. The molecule has 0 bridgehead atoms. The van der Waals surface area contributed by atoms with Crippen molar-refractivity contribution in [2.75, 3.05) is 6.61 Å². The zero-order valence-electron chi connectivity index (χ0n) is 16.4. The zero-order valence-corrected chi connectivity index (χ0v) is 16.4. The Bertz CT molecular complexity index is 1350. The molecule has 0 spiro atoms. The number of carbonyl (C=O) groups is 1. The molecule has 2 aromatic heterocycles. The lowest BCUT2D eigenvalue weighted by Gasteiger charge is -2.10. The molecule has 0 radical (unpaired) electrons. The molecule has 0 unspecified atom stereocenters. The number of nitro groups is 1. The number of aromatic nitrogens is 1. The van der Waals surface area contributed by atoms with Gasteiger partial charge in [-0.3, -0.25) is 10.1 Å². The largest absolute Gasteiger partial charge is 0.462 e. The molecular formula is C22H18N2O6. The van der Waals surface area contributed by atoms with E-state index in [-0.39, 0.29) is 23.4 Å². The maximum atomic E-state index is 13.0. The van der Waals surface area contributed by atoms with E-state index >= 15 is 0 Å². The number of ether oxygens (including phenoxy) is 1. The number of nitrogens with zero attached hydrogens (tertiary/aromatic N) is 2. The summed E-state index contributed by atoms with van der Waals surface area (Å²) >= 11 is 0. The van der Waals surface area contributed by atoms with Crippen molar-refractivity contribution in [1.82, 2.24) is 4.57 Å². The van der Waals surface area contributed by atoms with Crippen LogP contribution in [0.3, 0.4) is 0 Å². The summed E-state index contributed by atoms with van der Waals surface area (Å²) in [6, 6.07) is 12.8. The van der Waals surface area contributed by atoms with Crippen LogP contribution in [-0.4, -0.2) is 22.1 Å². The molecule has 0 aliphatic carbocycles. The summed E-state index contributed by atoms with van der Waals surface area (Å²) in [4.78, 5) is 36.4. The summed E-state index contributed by atoms with van der Waals surface area (Å²) in [6.07, 6.45) is 0. The SMILES string of the molecule is CCOC(=O)c1c(-c2ccc([N+](=O)[O-])cc2)n(CC)c2c(=O)oc3ccccc3c12. The lowest BCUT2D eigenvalue weighted by molar-refractivity contribution is -0.384. The molecule has 0 saturated heterocycles. The van der Waals surface area contributed by atoms with Crippen molar-refractivity contribution in [2.45, 2.75) is 20.4 Å². The Kier molecular flexibility index (Phi) is 4.83. The number of hydrogen-bond acceptors (Lipinski definition) is 6. The van der Waals surface area contributed by atoms with E-state index < -0.39 is 16.5 Å². The Morgan fingerprint density at radius 1 is 1.13 bits per heavy atom. The Labute approximate surface area is 170 Å². The summed E-state index contributed by atoms with van der Waals surface area (Å²) < 4.78 is 12.5. The number of non-ortho nitro benzene ring substituents is 1. The second kappa shape index (κ2) is 7.47. The molecule has 4 aromatic rings. The van der Waals surface area contributed by atoms with Crippen LogP contribution in [0.2, 0.25) is 0 Å². The van der Waals surface area contributed by atoms with Gasteiger partial charge >= 0.3 is 11.6 Å². The maximum Gasteiger partial charge on any atom is 0.361 e. The van der Waals surface area contributed by atoms with Gasteiger partial charge in [-0.2, -0.15) is 0 Å². The highest BCUT2D eigenvalue weighted by molar-refractivity contribution is 6.18. The van der Waals surface area contributed by atoms with E-state index in [9.17, 15) is 19.7 Å². The first-order chi connectivity index (χ1) is 14.5. The quantitative estimate of drug-likeness (QED) is 0.209. The summed E-state index contributed by atoms with van der Waals surface area (Å²) in [5.41, 5.74) is 1.25. The Morgan fingerprint density at radius 2 is 1.83 bits per heavy atom. The van der Waals surface area contributed by atoms with Crippen molar-refractivity contribution in [2.24, 2.45) is 0 Å². The third-order valence-electron chi connectivity index (χ3n) is 4.96. The van der Waals surface area contributed by atoms with Gasteiger partial charge < -0.3 is 13.7 Å². The monoisotopic (exact) mass is 406 g/mol. The molecule has 0 fully saturated rings. The van der Waals surface area contributed by atoms with Crippen LogP contribution in [0.5, 0.6) is 0 Å². The van der Waals surface area contributed by atoms with Crippen LogP contribution in [0.15, 0.2) is 57.7 Å². The zero-order chi connectivity index (χ0) is 21.4. The normalized spacial score (nSPS) is 11.1. The number of rotatable bonds is 5. The van der Waals surface area contributed by atoms with Gasteiger partial charge in [0, 0.05) is 29.4 Å². The molecule has 30 heavy (non-hydrogen) atoms. The van der Waals surface area contributed by atoms with Crippen LogP contribution in [0.25, 0.3) is 33.1 Å². The van der Waals surface area contributed by atoms with Crippen molar-refractivity contribution >= 4 is 33.5 Å². The molecule has 0 saturated carbocycles. The Hall–Kier alpha value is -3.94. The number of fused-ring (bicyclic) bond motifs is 3. The van der Waals surface area contributed by atoms with Gasteiger partial charge in [0.25, 0.3) is 5.69 Å². The molecule has 2 heterocycles. The Morgan fingerprint density at radius 3 is 2.47 bits per heavy atom. The van der Waals surface area contributed by atoms with E-state index in [1.54, 1.807) is 47.9 Å². The Balaban J connectivity index is 2.18. The molecule has 2 aromatic carbocycles. The average molecular weight is 406 g/mol. The fourth-order valence-electron chi connectivity index (χ4n) is 3.76. The van der Waals surface area contributed by atoms with Gasteiger partial charge in [0.2, 0.25) is 0 Å². The topological polar surface area (TPSA) is 105 Å². The molecule has 0 atom stereocenters. The summed E-state index contributed by atoms with van der Waals surface area (Å²) in [5, 5.41) is 12.1. The number of carbonyl (C=O) groups excluding carboxylic acids is 1. The van der Waals surface area contributed by atoms with Gasteiger partial charge in [-0.1, -0.05) is 18.2 Å². The van der Waals surface area contributed by atoms with Crippen molar-refractivity contribution < 1.29 is 18.9 Å². The molecule has 8 heteroatoms. The molecule has 0 amide bonds. The first kappa shape index (κ1) is 19.4. The van der Waals surface area contributed by atoms with Crippen LogP contribution in [-0.2, 0) is 11.3 Å². The molecule has 0 N–H and O–H groups in total. The van der Waals surface area contributed by atoms with Crippen molar-refractivity contribution in [3.63, 3.8) is 0 Å². The average Bonchev–Trinajstić information content (AvgIpc) is 3.10. The minimum atomic E-state index is -0.571. The molecule has 4 rings (SSSR count). The number of para-hydroxylation sites is 1. The number of hydrogen-bond donors (Lipinski definition) is 0. The van der Waals surface area contributed by atoms with Gasteiger partial charge in [0.1, 0.15) is 11.1 Å². The minimum absolute atomic E-state index is 0.0689. The molecule has 0 aliphatic heterocycles. The lowest BCUT2D eigenvalue weighted by atomic mass is 10.0. The van der Waals surface area contributed by atoms with Crippen LogP contribution < -0.4 is 5.63 Å². The van der Waals surface area contributed by atoms with Crippen LogP contribution in [0.4, 0.5) is 5.69 Å². The van der Waals surface area contributed by atoms with Crippen molar-refractivity contribution in [3.8, 4) is 11.3 Å². The van der Waals surface area contributed by atoms with E-state index in [0.29, 0.717) is 34.2 Å². The van der Waals surface area contributed by atoms with Crippen molar-refractivity contribution in [1.29, 1.82) is 0 Å². The molecule has 8 nitrogen and oxygen atoms in total. The smallest absolute Gasteiger partial charge is 0.361 e. The standard InChI is InChI=1S/C22H18N2O6/c1-3-23-19(13-9-11-14(12-10-13)24(27)28)18(21(25)29-4-2)17-15-7-5-6-8-16(15)30-22(26)20(17)23/h5-12H,3-4H2,1-2H3. The van der Waals surface area contributed by atoms with E-state index in [1.807, 2.05) is 6.92 Å². The fourth-order valence-corrected chi connectivity index (χ4v) is 3.76. The molecular weight excluding hydrogens is 388 g/mol. The lowest BCUT2D eigenvalue weighted by Crippen LogP contribution is -2.08. The third-order valence-corrected chi connectivity index (χ3v) is 4.96. The van der Waals surface area contributed by atoms with Gasteiger partial charge in [-0.05, 0) is 37.6 Å². The highest BCUT2D eigenvalue weighted by atomic mass is 16.6. The van der Waals surface area contributed by atoms with E-state index in [0.717, 1.165) is 0 Å². The van der Waals surface area contributed by atoms with E-state index in [1.165, 1.54) is 12.1 Å². The van der Waals surface area contributed by atoms with Crippen LogP contribution in [0.1, 0.15) is 24.2 Å². The maximum absolute atomic E-state index is 13.0. The third kappa shape index (κ3) is 2.93. The van der Waals surface area contributed by atoms with Crippen molar-refractivity contribution in [3.05, 3.63) is 74.6 Å². The highest BCUT2D eigenvalue weighted by Gasteiger charge is 2.28. The molecule has 0 aliphatic rings. The first-order valence-corrected chi connectivity index (χ1v) is 9.47. The number of benzene rings is 2. The van der Waals surface area contributed by atoms with Crippen LogP contribution in [0, 0.1) is 10.1 Å². The van der Waals surface area contributed by atoms with E-state index in [4.69, 9.17) is 9.15 Å². The summed E-state index contributed by atoms with van der Waals surface area (Å²) in [5.74, 6) is -0.571. The van der Waals surface area contributed by atoms with Gasteiger partial charge in [-0.25, -0.2) is 9.59 Å². The predicted molar refractivity (Wildman–Crippen MR) is 112 cm³/mol. The number of nitro benzene ring substituents is 1.